The molecule has 1 aliphatic rings. The highest BCUT2D eigenvalue weighted by atomic mass is 127. The molecule has 2 aromatic rings. The van der Waals surface area contributed by atoms with E-state index in [1.165, 1.54) is 6.33 Å². The molecule has 3 heterocycles. The van der Waals surface area contributed by atoms with Crippen LogP contribution >= 0.6 is 34.2 Å². The van der Waals surface area contributed by atoms with Gasteiger partial charge in [-0.05, 0) is 22.6 Å². The summed E-state index contributed by atoms with van der Waals surface area (Å²) in [6, 6.07) is 0. The number of halogens is 2. The third-order valence-electron chi connectivity index (χ3n) is 3.36. The fraction of sp³-hybridized carbons (Fsp3) is 0.455. The normalized spacial score (nSPS) is 30.2. The Morgan fingerprint density at radius 1 is 1.40 bits per heavy atom. The van der Waals surface area contributed by atoms with Crippen LogP contribution in [0, 0.1) is 3.57 Å². The second kappa shape index (κ2) is 5.35. The number of hydrogen-bond acceptors (Lipinski definition) is 6. The van der Waals surface area contributed by atoms with Crippen LogP contribution < -0.4 is 5.73 Å². The minimum Gasteiger partial charge on any atom is -0.387 e. The molecule has 0 bridgehead atoms. The highest BCUT2D eigenvalue weighted by Crippen LogP contribution is 2.35. The van der Waals surface area contributed by atoms with Gasteiger partial charge in [0.05, 0.1) is 5.39 Å². The van der Waals surface area contributed by atoms with Crippen LogP contribution in [0.5, 0.6) is 0 Å². The Labute approximate surface area is 132 Å². The van der Waals surface area contributed by atoms with Crippen LogP contribution in [0.4, 0.5) is 0 Å². The van der Waals surface area contributed by atoms with E-state index in [4.69, 9.17) is 22.1 Å². The minimum absolute atomic E-state index is 0.126. The highest BCUT2D eigenvalue weighted by Gasteiger charge is 2.43. The van der Waals surface area contributed by atoms with Gasteiger partial charge in [-0.1, -0.05) is 11.6 Å². The van der Waals surface area contributed by atoms with Gasteiger partial charge in [0.25, 0.3) is 0 Å². The summed E-state index contributed by atoms with van der Waals surface area (Å²) in [5, 5.41) is 21.0. The van der Waals surface area contributed by atoms with Crippen molar-refractivity contribution in [2.45, 2.75) is 24.5 Å². The maximum Gasteiger partial charge on any atom is 0.164 e. The van der Waals surface area contributed by atoms with Gasteiger partial charge < -0.3 is 25.3 Å². The van der Waals surface area contributed by atoms with Crippen LogP contribution in [0.3, 0.4) is 0 Å². The van der Waals surface area contributed by atoms with E-state index in [0.717, 1.165) is 3.57 Å². The Morgan fingerprint density at radius 2 is 2.15 bits per heavy atom. The van der Waals surface area contributed by atoms with Crippen molar-refractivity contribution in [2.75, 3.05) is 6.54 Å². The molecule has 0 spiro atoms. The molecule has 20 heavy (non-hydrogen) atoms. The van der Waals surface area contributed by atoms with E-state index in [1.807, 2.05) is 0 Å². The zero-order valence-electron chi connectivity index (χ0n) is 10.1. The highest BCUT2D eigenvalue weighted by molar-refractivity contribution is 14.1. The van der Waals surface area contributed by atoms with Gasteiger partial charge in [0.1, 0.15) is 35.4 Å². The van der Waals surface area contributed by atoms with Crippen molar-refractivity contribution >= 4 is 45.2 Å². The number of aromatic nitrogens is 3. The number of nitrogens with zero attached hydrogens (tertiary/aromatic N) is 3. The molecular formula is C11H12ClIN4O3. The molecule has 4 N–H and O–H groups in total. The number of fused-ring (bicyclic) bond motifs is 1. The summed E-state index contributed by atoms with van der Waals surface area (Å²) in [7, 11) is 0. The number of aliphatic hydroxyl groups excluding tert-OH is 2. The lowest BCUT2D eigenvalue weighted by Crippen LogP contribution is -2.35. The van der Waals surface area contributed by atoms with Crippen molar-refractivity contribution in [2.24, 2.45) is 5.73 Å². The molecule has 3 rings (SSSR count). The maximum absolute atomic E-state index is 10.1. The zero-order chi connectivity index (χ0) is 14.4. The Bertz CT molecular complexity index is 652. The van der Waals surface area contributed by atoms with Crippen LogP contribution in [0.15, 0.2) is 12.5 Å². The average molecular weight is 411 g/mol. The van der Waals surface area contributed by atoms with Crippen molar-refractivity contribution in [1.82, 2.24) is 14.5 Å². The molecule has 108 valence electrons. The predicted octanol–water partition coefficient (Wildman–Crippen LogP) is 0.267. The average Bonchev–Trinajstić information content (AvgIpc) is 2.90. The van der Waals surface area contributed by atoms with E-state index in [1.54, 1.807) is 10.8 Å². The summed E-state index contributed by atoms with van der Waals surface area (Å²) in [4.78, 5) is 8.11. The fourth-order valence-corrected chi connectivity index (χ4v) is 3.54. The summed E-state index contributed by atoms with van der Waals surface area (Å²) in [5.41, 5.74) is 6.06. The van der Waals surface area contributed by atoms with E-state index < -0.39 is 24.5 Å². The predicted molar refractivity (Wildman–Crippen MR) is 80.2 cm³/mol. The van der Waals surface area contributed by atoms with Crippen LogP contribution in [0.1, 0.15) is 6.23 Å². The number of hydrogen-bond donors (Lipinski definition) is 3. The second-order valence-corrected chi connectivity index (χ2v) is 6.05. The molecule has 4 atom stereocenters. The summed E-state index contributed by atoms with van der Waals surface area (Å²) >= 11 is 8.17. The van der Waals surface area contributed by atoms with E-state index >= 15 is 0 Å². The number of ether oxygens (including phenoxy) is 1. The summed E-state index contributed by atoms with van der Waals surface area (Å²) in [5.74, 6) is 0. The molecule has 1 fully saturated rings. The lowest BCUT2D eigenvalue weighted by Gasteiger charge is -2.17. The Hall–Kier alpha value is -0.520. The first-order valence-electron chi connectivity index (χ1n) is 5.92. The molecule has 7 nitrogen and oxygen atoms in total. The van der Waals surface area contributed by atoms with Crippen LogP contribution in [0.25, 0.3) is 11.0 Å². The molecule has 1 unspecified atom stereocenters. The first-order chi connectivity index (χ1) is 9.54. The fourth-order valence-electron chi connectivity index (χ4n) is 2.35. The summed E-state index contributed by atoms with van der Waals surface area (Å²) < 4.78 is 8.10. The zero-order valence-corrected chi connectivity index (χ0v) is 13.1. The third kappa shape index (κ3) is 2.11. The second-order valence-electron chi connectivity index (χ2n) is 4.53. The van der Waals surface area contributed by atoms with E-state index in [9.17, 15) is 10.2 Å². The molecule has 0 radical (unpaired) electrons. The van der Waals surface area contributed by atoms with Crippen molar-refractivity contribution in [1.29, 1.82) is 0 Å². The molecule has 2 aromatic heterocycles. The molecule has 1 saturated heterocycles. The van der Waals surface area contributed by atoms with Crippen molar-refractivity contribution in [3.63, 3.8) is 0 Å². The van der Waals surface area contributed by atoms with Crippen LogP contribution in [0.2, 0.25) is 5.15 Å². The first kappa shape index (κ1) is 14.4. The summed E-state index contributed by atoms with van der Waals surface area (Å²) in [6.45, 7) is 0.126. The van der Waals surface area contributed by atoms with Crippen molar-refractivity contribution in [3.8, 4) is 0 Å². The van der Waals surface area contributed by atoms with Crippen molar-refractivity contribution in [3.05, 3.63) is 21.2 Å². The Morgan fingerprint density at radius 3 is 2.80 bits per heavy atom. The Balaban J connectivity index is 2.10. The third-order valence-corrected chi connectivity index (χ3v) is 4.46. The van der Waals surface area contributed by atoms with Crippen LogP contribution in [-0.2, 0) is 4.74 Å². The smallest absolute Gasteiger partial charge is 0.164 e. The molecule has 0 aliphatic carbocycles. The van der Waals surface area contributed by atoms with Gasteiger partial charge in [-0.25, -0.2) is 9.97 Å². The molecule has 1 aliphatic heterocycles. The van der Waals surface area contributed by atoms with Gasteiger partial charge in [0.15, 0.2) is 6.23 Å². The van der Waals surface area contributed by atoms with E-state index in [0.29, 0.717) is 16.2 Å². The number of nitrogens with two attached hydrogens (primary N) is 1. The van der Waals surface area contributed by atoms with Gasteiger partial charge in [0, 0.05) is 16.3 Å². The monoisotopic (exact) mass is 410 g/mol. The molecule has 0 saturated carbocycles. The lowest BCUT2D eigenvalue weighted by molar-refractivity contribution is -0.0319. The lowest BCUT2D eigenvalue weighted by atomic mass is 10.1. The van der Waals surface area contributed by atoms with Gasteiger partial charge in [-0.15, -0.1) is 0 Å². The minimum atomic E-state index is -1.08. The molecular weight excluding hydrogens is 399 g/mol. The van der Waals surface area contributed by atoms with Gasteiger partial charge in [-0.3, -0.25) is 0 Å². The van der Waals surface area contributed by atoms with Gasteiger partial charge >= 0.3 is 0 Å². The molecule has 0 amide bonds. The topological polar surface area (TPSA) is 106 Å². The maximum atomic E-state index is 10.1. The van der Waals surface area contributed by atoms with E-state index in [2.05, 4.69) is 32.6 Å². The SMILES string of the molecule is NC[C@H]1OC(n2cc(I)c3c(Cl)ncnc32)[C@H](O)[C@@H]1O. The quantitative estimate of drug-likeness (QED) is 0.485. The molecule has 9 heteroatoms. The Kier molecular flexibility index (Phi) is 3.86. The standard InChI is InChI=1S/C11H12ClIN4O3/c12-9-6-4(13)2-17(10(6)16-3-15-9)11-8(19)7(18)5(1-14)20-11/h2-3,5,7-8,11,18-19H,1,14H2/t5-,7-,8-,11?/m1/s1. The number of aliphatic hydroxyl groups is 2. The summed E-state index contributed by atoms with van der Waals surface area (Å²) in [6.07, 6.45) is -0.375. The molecule has 0 aromatic carbocycles. The van der Waals surface area contributed by atoms with Gasteiger partial charge in [0.2, 0.25) is 0 Å². The number of rotatable bonds is 2. The first-order valence-corrected chi connectivity index (χ1v) is 7.38. The van der Waals surface area contributed by atoms with Gasteiger partial charge in [-0.2, -0.15) is 0 Å². The van der Waals surface area contributed by atoms with Crippen LogP contribution in [-0.4, -0.2) is 49.6 Å². The van der Waals surface area contributed by atoms with E-state index in [-0.39, 0.29) is 6.54 Å². The van der Waals surface area contributed by atoms with Crippen molar-refractivity contribution < 1.29 is 14.9 Å². The largest absolute Gasteiger partial charge is 0.387 e.